The van der Waals surface area contributed by atoms with Crippen LogP contribution in [0.5, 0.6) is 0 Å². The Balaban J connectivity index is 1.89. The van der Waals surface area contributed by atoms with Crippen LogP contribution >= 0.6 is 15.9 Å². The highest BCUT2D eigenvalue weighted by Crippen LogP contribution is 2.35. The molecule has 0 fully saturated rings. The standard InChI is InChI=1S/C24H20BrFN2O2S/c1-16-22(25)23(17-6-4-3-5-7-17)27-28(16)24(18-8-12-20(26)13-9-18)19-10-14-21(15-11-19)31(2,29)30/h3-15,24H,1-2H3. The summed E-state index contributed by atoms with van der Waals surface area (Å²) in [5.41, 5.74) is 4.36. The van der Waals surface area contributed by atoms with E-state index in [9.17, 15) is 12.8 Å². The van der Waals surface area contributed by atoms with Gasteiger partial charge in [-0.3, -0.25) is 4.68 Å². The molecule has 3 aromatic carbocycles. The number of hydrogen-bond donors (Lipinski definition) is 0. The molecule has 1 heterocycles. The summed E-state index contributed by atoms with van der Waals surface area (Å²) in [6.07, 6.45) is 1.18. The third-order valence-corrected chi connectivity index (χ3v) is 7.26. The number of hydrogen-bond acceptors (Lipinski definition) is 3. The predicted octanol–water partition coefficient (Wildman–Crippen LogP) is 5.80. The van der Waals surface area contributed by atoms with Crippen LogP contribution in [-0.2, 0) is 9.84 Å². The molecule has 4 nitrogen and oxygen atoms in total. The lowest BCUT2D eigenvalue weighted by Gasteiger charge is -2.21. The second kappa shape index (κ2) is 8.40. The van der Waals surface area contributed by atoms with Gasteiger partial charge in [0.1, 0.15) is 17.6 Å². The summed E-state index contributed by atoms with van der Waals surface area (Å²) >= 11 is 3.68. The van der Waals surface area contributed by atoms with Crippen LogP contribution in [0.1, 0.15) is 22.9 Å². The average molecular weight is 499 g/mol. The molecular weight excluding hydrogens is 479 g/mol. The molecule has 0 bridgehead atoms. The van der Waals surface area contributed by atoms with E-state index in [1.165, 1.54) is 18.4 Å². The SMILES string of the molecule is Cc1c(Br)c(-c2ccccc2)nn1C(c1ccc(F)cc1)c1ccc(S(C)(=O)=O)cc1. The number of rotatable bonds is 5. The Morgan fingerprint density at radius 1 is 0.903 bits per heavy atom. The normalized spacial score (nSPS) is 12.6. The first-order valence-electron chi connectivity index (χ1n) is 9.61. The van der Waals surface area contributed by atoms with Crippen LogP contribution in [0, 0.1) is 12.7 Å². The maximum atomic E-state index is 13.6. The highest BCUT2D eigenvalue weighted by molar-refractivity contribution is 9.10. The van der Waals surface area contributed by atoms with Gasteiger partial charge in [0, 0.05) is 11.8 Å². The topological polar surface area (TPSA) is 52.0 Å². The Bertz CT molecular complexity index is 1320. The van der Waals surface area contributed by atoms with E-state index in [4.69, 9.17) is 5.10 Å². The van der Waals surface area contributed by atoms with Gasteiger partial charge in [-0.05, 0) is 58.2 Å². The van der Waals surface area contributed by atoms with Crippen molar-refractivity contribution in [3.05, 3.63) is 106 Å². The van der Waals surface area contributed by atoms with Gasteiger partial charge in [0.2, 0.25) is 0 Å². The summed E-state index contributed by atoms with van der Waals surface area (Å²) in [5.74, 6) is -0.321. The Morgan fingerprint density at radius 3 is 2.00 bits per heavy atom. The molecule has 0 spiro atoms. The Labute approximate surface area is 189 Å². The lowest BCUT2D eigenvalue weighted by Crippen LogP contribution is -2.15. The van der Waals surface area contributed by atoms with Crippen molar-refractivity contribution in [3.63, 3.8) is 0 Å². The minimum atomic E-state index is -3.31. The van der Waals surface area contributed by atoms with E-state index in [-0.39, 0.29) is 16.8 Å². The van der Waals surface area contributed by atoms with E-state index in [0.717, 1.165) is 32.6 Å². The zero-order valence-electron chi connectivity index (χ0n) is 17.0. The van der Waals surface area contributed by atoms with Gasteiger partial charge >= 0.3 is 0 Å². The first-order valence-corrected chi connectivity index (χ1v) is 12.3. The van der Waals surface area contributed by atoms with Gasteiger partial charge in [0.05, 0.1) is 15.1 Å². The largest absolute Gasteiger partial charge is 0.256 e. The van der Waals surface area contributed by atoms with Gasteiger partial charge in [-0.25, -0.2) is 12.8 Å². The molecule has 0 amide bonds. The minimum absolute atomic E-state index is 0.248. The fraction of sp³-hybridized carbons (Fsp3) is 0.125. The fourth-order valence-electron chi connectivity index (χ4n) is 3.55. The Hall–Kier alpha value is -2.77. The van der Waals surface area contributed by atoms with Crippen LogP contribution < -0.4 is 0 Å². The third-order valence-electron chi connectivity index (χ3n) is 5.18. The van der Waals surface area contributed by atoms with Crippen molar-refractivity contribution in [2.45, 2.75) is 17.9 Å². The number of halogens is 2. The van der Waals surface area contributed by atoms with Gasteiger partial charge in [0.15, 0.2) is 9.84 Å². The summed E-state index contributed by atoms with van der Waals surface area (Å²) in [4.78, 5) is 0.248. The molecular formula is C24H20BrFN2O2S. The molecule has 0 saturated heterocycles. The summed E-state index contributed by atoms with van der Waals surface area (Å²) in [7, 11) is -3.31. The van der Waals surface area contributed by atoms with Crippen molar-refractivity contribution >= 4 is 25.8 Å². The molecule has 4 aromatic rings. The first kappa shape index (κ1) is 21.5. The first-order chi connectivity index (χ1) is 14.8. The summed E-state index contributed by atoms with van der Waals surface area (Å²) in [6.45, 7) is 1.96. The molecule has 31 heavy (non-hydrogen) atoms. The quantitative estimate of drug-likeness (QED) is 0.349. The van der Waals surface area contributed by atoms with Crippen LogP contribution in [-0.4, -0.2) is 24.5 Å². The number of benzene rings is 3. The van der Waals surface area contributed by atoms with Crippen LogP contribution in [0.4, 0.5) is 4.39 Å². The maximum absolute atomic E-state index is 13.6. The zero-order valence-corrected chi connectivity index (χ0v) is 19.4. The Kier molecular flexibility index (Phi) is 5.81. The highest BCUT2D eigenvalue weighted by atomic mass is 79.9. The van der Waals surface area contributed by atoms with E-state index in [1.807, 2.05) is 41.9 Å². The highest BCUT2D eigenvalue weighted by Gasteiger charge is 2.24. The Morgan fingerprint density at radius 2 is 1.45 bits per heavy atom. The molecule has 0 aliphatic carbocycles. The molecule has 4 rings (SSSR count). The number of aromatic nitrogens is 2. The van der Waals surface area contributed by atoms with E-state index in [2.05, 4.69) is 15.9 Å². The summed E-state index contributed by atoms with van der Waals surface area (Å²) in [6, 6.07) is 22.5. The van der Waals surface area contributed by atoms with Crippen molar-refractivity contribution in [2.24, 2.45) is 0 Å². The second-order valence-corrected chi connectivity index (χ2v) is 10.2. The number of nitrogens with zero attached hydrogens (tertiary/aromatic N) is 2. The molecule has 158 valence electrons. The van der Waals surface area contributed by atoms with Gasteiger partial charge in [-0.1, -0.05) is 54.6 Å². The van der Waals surface area contributed by atoms with Crippen molar-refractivity contribution in [2.75, 3.05) is 6.26 Å². The van der Waals surface area contributed by atoms with E-state index in [0.29, 0.717) is 0 Å². The monoisotopic (exact) mass is 498 g/mol. The molecule has 1 unspecified atom stereocenters. The second-order valence-electron chi connectivity index (χ2n) is 7.35. The molecule has 1 atom stereocenters. The van der Waals surface area contributed by atoms with Crippen molar-refractivity contribution in [1.82, 2.24) is 9.78 Å². The van der Waals surface area contributed by atoms with Crippen LogP contribution in [0.2, 0.25) is 0 Å². The van der Waals surface area contributed by atoms with Gasteiger partial charge in [0.25, 0.3) is 0 Å². The molecule has 1 aromatic heterocycles. The number of sulfone groups is 1. The molecule has 0 aliphatic rings. The van der Waals surface area contributed by atoms with E-state index < -0.39 is 9.84 Å². The molecule has 0 N–H and O–H groups in total. The molecule has 0 saturated carbocycles. The van der Waals surface area contributed by atoms with Gasteiger partial charge < -0.3 is 0 Å². The third kappa shape index (κ3) is 4.34. The molecule has 0 aliphatic heterocycles. The molecule has 0 radical (unpaired) electrons. The average Bonchev–Trinajstić information content (AvgIpc) is 3.05. The molecule has 7 heteroatoms. The lowest BCUT2D eigenvalue weighted by atomic mass is 9.98. The van der Waals surface area contributed by atoms with Gasteiger partial charge in [-0.15, -0.1) is 0 Å². The fourth-order valence-corrected chi connectivity index (χ4v) is 4.67. The predicted molar refractivity (Wildman–Crippen MR) is 123 cm³/mol. The van der Waals surface area contributed by atoms with Crippen molar-refractivity contribution in [3.8, 4) is 11.3 Å². The minimum Gasteiger partial charge on any atom is -0.256 e. The van der Waals surface area contributed by atoms with Crippen LogP contribution in [0.3, 0.4) is 0 Å². The van der Waals surface area contributed by atoms with Gasteiger partial charge in [-0.2, -0.15) is 5.10 Å². The van der Waals surface area contributed by atoms with Crippen molar-refractivity contribution in [1.29, 1.82) is 0 Å². The smallest absolute Gasteiger partial charge is 0.175 e. The maximum Gasteiger partial charge on any atom is 0.175 e. The zero-order chi connectivity index (χ0) is 22.2. The van der Waals surface area contributed by atoms with E-state index in [1.54, 1.807) is 36.4 Å². The summed E-state index contributed by atoms with van der Waals surface area (Å²) in [5, 5.41) is 4.88. The van der Waals surface area contributed by atoms with Crippen LogP contribution in [0.15, 0.2) is 88.2 Å². The van der Waals surface area contributed by atoms with Crippen molar-refractivity contribution < 1.29 is 12.8 Å². The summed E-state index contributed by atoms with van der Waals surface area (Å²) < 4.78 is 40.1. The van der Waals surface area contributed by atoms with Crippen LogP contribution in [0.25, 0.3) is 11.3 Å². The van der Waals surface area contributed by atoms with E-state index >= 15 is 0 Å². The lowest BCUT2D eigenvalue weighted by molar-refractivity contribution is 0.576.